The zero-order chi connectivity index (χ0) is 12.1. The Morgan fingerprint density at radius 1 is 1.24 bits per heavy atom. The van der Waals surface area contributed by atoms with Gasteiger partial charge in [0, 0.05) is 17.1 Å². The Labute approximate surface area is 104 Å². The second-order valence-corrected chi connectivity index (χ2v) is 4.82. The van der Waals surface area contributed by atoms with E-state index in [1.165, 1.54) is 6.07 Å². The second kappa shape index (κ2) is 5.80. The minimum Gasteiger partial charge on any atom is -0.398 e. The molecule has 0 aliphatic carbocycles. The Kier molecular flexibility index (Phi) is 4.12. The van der Waals surface area contributed by atoms with Crippen molar-refractivity contribution in [1.82, 2.24) is 5.32 Å². The smallest absolute Gasteiger partial charge is 0.126 e. The maximum absolute atomic E-state index is 13.3. The Balaban J connectivity index is 1.77. The molecule has 0 amide bonds. The molecule has 1 heterocycles. The average molecular weight is 250 g/mol. The summed E-state index contributed by atoms with van der Waals surface area (Å²) in [6.07, 6.45) is 0.692. The van der Waals surface area contributed by atoms with Crippen LogP contribution in [0.25, 0.3) is 0 Å². The molecule has 1 aromatic carbocycles. The number of rotatable bonds is 5. The van der Waals surface area contributed by atoms with E-state index in [-0.39, 0.29) is 5.82 Å². The monoisotopic (exact) mass is 250 g/mol. The van der Waals surface area contributed by atoms with Crippen molar-refractivity contribution in [2.45, 2.75) is 13.0 Å². The van der Waals surface area contributed by atoms with Gasteiger partial charge >= 0.3 is 0 Å². The Morgan fingerprint density at radius 3 is 2.76 bits per heavy atom. The highest BCUT2D eigenvalue weighted by molar-refractivity contribution is 7.10. The van der Waals surface area contributed by atoms with Crippen LogP contribution in [-0.2, 0) is 13.0 Å². The molecular weight excluding hydrogens is 235 g/mol. The maximum Gasteiger partial charge on any atom is 0.126 e. The first-order valence-electron chi connectivity index (χ1n) is 5.53. The highest BCUT2D eigenvalue weighted by Crippen LogP contribution is 2.18. The van der Waals surface area contributed by atoms with Crippen LogP contribution in [0.1, 0.15) is 10.4 Å². The molecule has 17 heavy (non-hydrogen) atoms. The number of anilines is 1. The fourth-order valence-electron chi connectivity index (χ4n) is 1.62. The van der Waals surface area contributed by atoms with Gasteiger partial charge in [0.25, 0.3) is 0 Å². The molecule has 2 rings (SSSR count). The Morgan fingerprint density at radius 2 is 2.06 bits per heavy atom. The summed E-state index contributed by atoms with van der Waals surface area (Å²) in [5.41, 5.74) is 7.34. The Bertz CT molecular complexity index is 482. The lowest BCUT2D eigenvalue weighted by atomic mass is 10.1. The molecule has 2 nitrogen and oxygen atoms in total. The average Bonchev–Trinajstić information content (AvgIpc) is 2.73. The van der Waals surface area contributed by atoms with Crippen molar-refractivity contribution in [2.24, 2.45) is 0 Å². The van der Waals surface area contributed by atoms with Gasteiger partial charge in [-0.25, -0.2) is 4.39 Å². The van der Waals surface area contributed by atoms with Gasteiger partial charge in [-0.2, -0.15) is 0 Å². The summed E-state index contributed by atoms with van der Waals surface area (Å²) in [4.78, 5) is 1.14. The van der Waals surface area contributed by atoms with Crippen molar-refractivity contribution in [1.29, 1.82) is 0 Å². The molecular formula is C13H15FN2S. The van der Waals surface area contributed by atoms with Gasteiger partial charge in [0.05, 0.1) is 0 Å². The van der Waals surface area contributed by atoms with E-state index in [4.69, 9.17) is 5.73 Å². The van der Waals surface area contributed by atoms with Crippen molar-refractivity contribution < 1.29 is 4.39 Å². The number of benzene rings is 1. The summed E-state index contributed by atoms with van der Waals surface area (Å²) in [5.74, 6) is -0.134. The van der Waals surface area contributed by atoms with Crippen LogP contribution in [-0.4, -0.2) is 6.54 Å². The molecule has 0 spiro atoms. The molecule has 0 aliphatic heterocycles. The fourth-order valence-corrected chi connectivity index (χ4v) is 2.39. The first kappa shape index (κ1) is 12.1. The zero-order valence-corrected chi connectivity index (χ0v) is 10.3. The molecule has 3 N–H and O–H groups in total. The first-order valence-corrected chi connectivity index (χ1v) is 6.41. The van der Waals surface area contributed by atoms with E-state index in [1.807, 2.05) is 23.6 Å². The normalized spacial score (nSPS) is 10.6. The van der Waals surface area contributed by atoms with Crippen LogP contribution in [0.3, 0.4) is 0 Å². The number of hydrogen-bond acceptors (Lipinski definition) is 3. The number of thiophene rings is 1. The largest absolute Gasteiger partial charge is 0.398 e. The number of nitrogen functional groups attached to an aromatic ring is 1. The van der Waals surface area contributed by atoms with Crippen molar-refractivity contribution in [3.8, 4) is 0 Å². The quantitative estimate of drug-likeness (QED) is 0.801. The molecule has 0 bridgehead atoms. The van der Waals surface area contributed by atoms with E-state index in [0.717, 1.165) is 29.2 Å². The number of nitrogens with one attached hydrogen (secondary N) is 1. The number of halogens is 1. The van der Waals surface area contributed by atoms with Gasteiger partial charge in [-0.1, -0.05) is 18.2 Å². The summed E-state index contributed by atoms with van der Waals surface area (Å²) in [6.45, 7) is 1.50. The van der Waals surface area contributed by atoms with Gasteiger partial charge in [0.2, 0.25) is 0 Å². The highest BCUT2D eigenvalue weighted by atomic mass is 32.1. The second-order valence-electron chi connectivity index (χ2n) is 3.82. The molecule has 0 fully saturated rings. The summed E-state index contributed by atoms with van der Waals surface area (Å²) in [7, 11) is 0. The molecule has 0 saturated carbocycles. The van der Waals surface area contributed by atoms with E-state index in [0.29, 0.717) is 6.42 Å². The third-order valence-electron chi connectivity index (χ3n) is 2.59. The summed E-state index contributed by atoms with van der Waals surface area (Å²) in [6, 6.07) is 8.77. The highest BCUT2D eigenvalue weighted by Gasteiger charge is 2.01. The van der Waals surface area contributed by atoms with E-state index in [1.54, 1.807) is 17.4 Å². The molecule has 1 aromatic heterocycles. The van der Waals surface area contributed by atoms with Crippen LogP contribution in [0.2, 0.25) is 0 Å². The van der Waals surface area contributed by atoms with Crippen molar-refractivity contribution in [2.75, 3.05) is 12.3 Å². The molecule has 0 unspecified atom stereocenters. The molecule has 90 valence electrons. The SMILES string of the molecule is Nc1ccsc1CNCCc1ccccc1F. The third kappa shape index (κ3) is 3.28. The summed E-state index contributed by atoms with van der Waals surface area (Å²) >= 11 is 1.64. The summed E-state index contributed by atoms with van der Waals surface area (Å²) in [5, 5.41) is 5.24. The maximum atomic E-state index is 13.3. The summed E-state index contributed by atoms with van der Waals surface area (Å²) < 4.78 is 13.3. The van der Waals surface area contributed by atoms with E-state index < -0.39 is 0 Å². The minimum atomic E-state index is -0.134. The van der Waals surface area contributed by atoms with E-state index >= 15 is 0 Å². The van der Waals surface area contributed by atoms with Crippen LogP contribution in [0.4, 0.5) is 10.1 Å². The lowest BCUT2D eigenvalue weighted by molar-refractivity contribution is 0.598. The fraction of sp³-hybridized carbons (Fsp3) is 0.231. The topological polar surface area (TPSA) is 38.0 Å². The lowest BCUT2D eigenvalue weighted by Gasteiger charge is -2.05. The molecule has 0 radical (unpaired) electrons. The number of nitrogens with two attached hydrogens (primary N) is 1. The standard InChI is InChI=1S/C13H15FN2S/c14-11-4-2-1-3-10(11)5-7-16-9-13-12(15)6-8-17-13/h1-4,6,8,16H,5,7,9,15H2. The van der Waals surface area contributed by atoms with Gasteiger partial charge in [-0.05, 0) is 36.0 Å². The molecule has 0 saturated heterocycles. The van der Waals surface area contributed by atoms with Crippen LogP contribution in [0.5, 0.6) is 0 Å². The first-order chi connectivity index (χ1) is 8.27. The van der Waals surface area contributed by atoms with Crippen molar-refractivity contribution in [3.63, 3.8) is 0 Å². The molecule has 0 atom stereocenters. The van der Waals surface area contributed by atoms with Gasteiger partial charge in [0.1, 0.15) is 5.82 Å². The van der Waals surface area contributed by atoms with E-state index in [2.05, 4.69) is 5.32 Å². The van der Waals surface area contributed by atoms with Gasteiger partial charge in [-0.3, -0.25) is 0 Å². The zero-order valence-electron chi connectivity index (χ0n) is 9.45. The van der Waals surface area contributed by atoms with E-state index in [9.17, 15) is 4.39 Å². The van der Waals surface area contributed by atoms with Gasteiger partial charge in [0.15, 0.2) is 0 Å². The van der Waals surface area contributed by atoms with Crippen LogP contribution in [0.15, 0.2) is 35.7 Å². The van der Waals surface area contributed by atoms with Crippen LogP contribution >= 0.6 is 11.3 Å². The minimum absolute atomic E-state index is 0.134. The van der Waals surface area contributed by atoms with Crippen LogP contribution in [0, 0.1) is 5.82 Å². The molecule has 2 aromatic rings. The van der Waals surface area contributed by atoms with Gasteiger partial charge < -0.3 is 11.1 Å². The predicted octanol–water partition coefficient (Wildman–Crippen LogP) is 2.80. The predicted molar refractivity (Wildman–Crippen MR) is 70.5 cm³/mol. The van der Waals surface area contributed by atoms with Crippen molar-refractivity contribution in [3.05, 3.63) is 52.0 Å². The third-order valence-corrected chi connectivity index (χ3v) is 3.53. The Hall–Kier alpha value is -1.39. The number of hydrogen-bond donors (Lipinski definition) is 2. The molecule has 4 heteroatoms. The molecule has 0 aliphatic rings. The van der Waals surface area contributed by atoms with Gasteiger partial charge in [-0.15, -0.1) is 11.3 Å². The lowest BCUT2D eigenvalue weighted by Crippen LogP contribution is -2.17. The van der Waals surface area contributed by atoms with Crippen molar-refractivity contribution >= 4 is 17.0 Å². The van der Waals surface area contributed by atoms with Crippen LogP contribution < -0.4 is 11.1 Å².